The predicted molar refractivity (Wildman–Crippen MR) is 108 cm³/mol. The maximum atomic E-state index is 13.3. The molecular weight excluding hydrogens is 410 g/mol. The van der Waals surface area contributed by atoms with Crippen molar-refractivity contribution < 1.29 is 28.3 Å². The third-order valence-electron chi connectivity index (χ3n) is 4.97. The van der Waals surface area contributed by atoms with E-state index < -0.39 is 22.5 Å². The minimum atomic E-state index is -1.32. The molecule has 0 radical (unpaired) electrons. The number of hydrogen-bond acceptors (Lipinski definition) is 5. The standard InChI is InChI=1S/C22H16F2N2O5/c23-16-6-4-12(8-17(16)24)2-1-3-13-5-7-19-18(9-13)25-21-15(22(27)28)10-14(26(29)30)11-20(21)31-19/h4-11,25H,1-3H2,(H,27,28). The van der Waals surface area contributed by atoms with E-state index in [0.29, 0.717) is 36.3 Å². The third-order valence-corrected chi connectivity index (χ3v) is 4.97. The molecule has 2 N–H and O–H groups in total. The van der Waals surface area contributed by atoms with Crippen LogP contribution in [0, 0.1) is 21.7 Å². The van der Waals surface area contributed by atoms with Crippen LogP contribution in [0.1, 0.15) is 27.9 Å². The van der Waals surface area contributed by atoms with Crippen LogP contribution in [0.3, 0.4) is 0 Å². The maximum Gasteiger partial charge on any atom is 0.338 e. The van der Waals surface area contributed by atoms with E-state index in [4.69, 9.17) is 4.74 Å². The van der Waals surface area contributed by atoms with E-state index in [-0.39, 0.29) is 22.7 Å². The number of carbonyl (C=O) groups is 1. The molecule has 158 valence electrons. The smallest absolute Gasteiger partial charge is 0.338 e. The van der Waals surface area contributed by atoms with Crippen molar-refractivity contribution in [2.24, 2.45) is 0 Å². The largest absolute Gasteiger partial charge is 0.478 e. The monoisotopic (exact) mass is 426 g/mol. The maximum absolute atomic E-state index is 13.3. The highest BCUT2D eigenvalue weighted by atomic mass is 19.2. The Bertz CT molecular complexity index is 1210. The normalized spacial score (nSPS) is 11.7. The van der Waals surface area contributed by atoms with Crippen LogP contribution in [0.25, 0.3) is 0 Å². The number of nitro benzene ring substituents is 1. The van der Waals surface area contributed by atoms with Crippen LogP contribution < -0.4 is 10.1 Å². The summed E-state index contributed by atoms with van der Waals surface area (Å²) in [4.78, 5) is 22.0. The summed E-state index contributed by atoms with van der Waals surface area (Å²) in [6.07, 6.45) is 1.90. The van der Waals surface area contributed by atoms with Gasteiger partial charge in [0.2, 0.25) is 0 Å². The van der Waals surface area contributed by atoms with Gasteiger partial charge in [-0.2, -0.15) is 0 Å². The zero-order valence-corrected chi connectivity index (χ0v) is 16.0. The van der Waals surface area contributed by atoms with Gasteiger partial charge in [-0.15, -0.1) is 0 Å². The van der Waals surface area contributed by atoms with Crippen molar-refractivity contribution in [2.45, 2.75) is 19.3 Å². The molecule has 0 bridgehead atoms. The van der Waals surface area contributed by atoms with Gasteiger partial charge in [0.1, 0.15) is 0 Å². The Morgan fingerprint density at radius 2 is 1.71 bits per heavy atom. The molecule has 0 spiro atoms. The third kappa shape index (κ3) is 4.16. The Morgan fingerprint density at radius 3 is 2.39 bits per heavy atom. The van der Waals surface area contributed by atoms with Gasteiger partial charge in [0.05, 0.1) is 27.9 Å². The summed E-state index contributed by atoms with van der Waals surface area (Å²) in [5.41, 5.74) is 1.66. The van der Waals surface area contributed by atoms with Crippen molar-refractivity contribution in [2.75, 3.05) is 5.32 Å². The van der Waals surface area contributed by atoms with Gasteiger partial charge in [-0.1, -0.05) is 12.1 Å². The first kappa shape index (κ1) is 20.3. The van der Waals surface area contributed by atoms with Gasteiger partial charge in [0.25, 0.3) is 5.69 Å². The number of aromatic carboxylic acids is 1. The van der Waals surface area contributed by atoms with Crippen LogP contribution in [-0.4, -0.2) is 16.0 Å². The van der Waals surface area contributed by atoms with Crippen molar-refractivity contribution in [1.29, 1.82) is 0 Å². The van der Waals surface area contributed by atoms with Crippen molar-refractivity contribution in [3.05, 3.63) is 87.0 Å². The molecule has 31 heavy (non-hydrogen) atoms. The van der Waals surface area contributed by atoms with Crippen LogP contribution in [0.15, 0.2) is 48.5 Å². The first-order valence-corrected chi connectivity index (χ1v) is 9.39. The second kappa shape index (κ2) is 8.02. The second-order valence-corrected chi connectivity index (χ2v) is 7.09. The molecule has 1 heterocycles. The Hall–Kier alpha value is -4.01. The van der Waals surface area contributed by atoms with Gasteiger partial charge in [-0.3, -0.25) is 10.1 Å². The fourth-order valence-corrected chi connectivity index (χ4v) is 3.45. The lowest BCUT2D eigenvalue weighted by atomic mass is 10.0. The molecule has 0 unspecified atom stereocenters. The summed E-state index contributed by atoms with van der Waals surface area (Å²) in [6.45, 7) is 0. The summed E-state index contributed by atoms with van der Waals surface area (Å²) >= 11 is 0. The molecule has 0 atom stereocenters. The minimum absolute atomic E-state index is 0.0604. The molecule has 0 saturated carbocycles. The number of halogens is 2. The number of aryl methyl sites for hydroxylation is 2. The number of non-ortho nitro benzene ring substituents is 1. The molecule has 1 aliphatic heterocycles. The molecule has 0 aliphatic carbocycles. The number of benzene rings is 3. The molecule has 0 aromatic heterocycles. The van der Waals surface area contributed by atoms with Gasteiger partial charge in [-0.25, -0.2) is 13.6 Å². The molecular formula is C22H16F2N2O5. The van der Waals surface area contributed by atoms with Crippen molar-refractivity contribution >= 4 is 23.0 Å². The Labute approximate surface area is 175 Å². The van der Waals surface area contributed by atoms with Gasteiger partial charge < -0.3 is 15.2 Å². The quantitative estimate of drug-likeness (QED) is 0.308. The Balaban J connectivity index is 1.52. The Kier molecular flexibility index (Phi) is 5.24. The number of hydrogen-bond donors (Lipinski definition) is 2. The molecule has 1 aliphatic rings. The summed E-state index contributed by atoms with van der Waals surface area (Å²) < 4.78 is 32.1. The fraction of sp³-hybridized carbons (Fsp3) is 0.136. The van der Waals surface area contributed by atoms with Gasteiger partial charge in [0.15, 0.2) is 23.1 Å². The molecule has 0 saturated heterocycles. The molecule has 3 aromatic rings. The van der Waals surface area contributed by atoms with E-state index in [1.807, 2.05) is 6.07 Å². The molecule has 0 amide bonds. The fourth-order valence-electron chi connectivity index (χ4n) is 3.45. The van der Waals surface area contributed by atoms with E-state index in [2.05, 4.69) is 5.32 Å². The number of rotatable bonds is 6. The zero-order chi connectivity index (χ0) is 22.1. The van der Waals surface area contributed by atoms with Crippen LogP contribution in [0.5, 0.6) is 11.5 Å². The molecule has 0 fully saturated rings. The first-order chi connectivity index (χ1) is 14.8. The lowest BCUT2D eigenvalue weighted by molar-refractivity contribution is -0.384. The van der Waals surface area contributed by atoms with Crippen molar-refractivity contribution in [1.82, 2.24) is 0 Å². The zero-order valence-electron chi connectivity index (χ0n) is 16.0. The van der Waals surface area contributed by atoms with Crippen LogP contribution in [-0.2, 0) is 12.8 Å². The van der Waals surface area contributed by atoms with E-state index in [9.17, 15) is 28.8 Å². The highest BCUT2D eigenvalue weighted by molar-refractivity contribution is 5.99. The lowest BCUT2D eigenvalue weighted by Gasteiger charge is -2.23. The number of carboxylic acid groups (broad SMARTS) is 1. The SMILES string of the molecule is O=C(O)c1cc([N+](=O)[O-])cc2c1Nc1cc(CCCc3ccc(F)c(F)c3)ccc1O2. The van der Waals surface area contributed by atoms with Crippen LogP contribution in [0.4, 0.5) is 25.8 Å². The van der Waals surface area contributed by atoms with Gasteiger partial charge in [-0.05, 0) is 54.7 Å². The van der Waals surface area contributed by atoms with Gasteiger partial charge in [0, 0.05) is 6.07 Å². The van der Waals surface area contributed by atoms with Crippen molar-refractivity contribution in [3.63, 3.8) is 0 Å². The average molecular weight is 426 g/mol. The van der Waals surface area contributed by atoms with Gasteiger partial charge >= 0.3 is 5.97 Å². The summed E-state index contributed by atoms with van der Waals surface area (Å²) in [7, 11) is 0. The molecule has 4 rings (SSSR count). The number of nitrogens with zero attached hydrogens (tertiary/aromatic N) is 1. The molecule has 3 aromatic carbocycles. The predicted octanol–water partition coefficient (Wildman–Crippen LogP) is 5.60. The van der Waals surface area contributed by atoms with Crippen molar-refractivity contribution in [3.8, 4) is 11.5 Å². The lowest BCUT2D eigenvalue weighted by Crippen LogP contribution is -2.10. The van der Waals surface area contributed by atoms with E-state index >= 15 is 0 Å². The molecule has 7 nitrogen and oxygen atoms in total. The second-order valence-electron chi connectivity index (χ2n) is 7.09. The van der Waals surface area contributed by atoms with E-state index in [0.717, 1.165) is 17.7 Å². The minimum Gasteiger partial charge on any atom is -0.478 e. The Morgan fingerprint density at radius 1 is 1.00 bits per heavy atom. The first-order valence-electron chi connectivity index (χ1n) is 9.39. The topological polar surface area (TPSA) is 102 Å². The number of carboxylic acids is 1. The van der Waals surface area contributed by atoms with E-state index in [1.54, 1.807) is 18.2 Å². The summed E-state index contributed by atoms with van der Waals surface area (Å²) in [5, 5.41) is 23.5. The van der Waals surface area contributed by atoms with E-state index in [1.165, 1.54) is 12.1 Å². The number of ether oxygens (including phenoxy) is 1. The number of anilines is 2. The summed E-state index contributed by atoms with van der Waals surface area (Å²) in [5.74, 6) is -2.60. The number of nitro groups is 1. The van der Waals surface area contributed by atoms with Crippen LogP contribution >= 0.6 is 0 Å². The number of fused-ring (bicyclic) bond motifs is 2. The van der Waals surface area contributed by atoms with Crippen LogP contribution in [0.2, 0.25) is 0 Å². The highest BCUT2D eigenvalue weighted by Crippen LogP contribution is 2.45. The highest BCUT2D eigenvalue weighted by Gasteiger charge is 2.26. The number of nitrogens with one attached hydrogen (secondary N) is 1. The average Bonchev–Trinajstić information content (AvgIpc) is 2.73. The molecule has 9 heteroatoms. The summed E-state index contributed by atoms with van der Waals surface area (Å²) in [6, 6.07) is 11.3.